The van der Waals surface area contributed by atoms with Crippen molar-refractivity contribution < 1.29 is 8.78 Å². The molecule has 1 nitrogen and oxygen atoms in total. The van der Waals surface area contributed by atoms with Gasteiger partial charge in [-0.25, -0.2) is 8.78 Å². The van der Waals surface area contributed by atoms with Crippen LogP contribution in [0.15, 0.2) is 0 Å². The third kappa shape index (κ3) is 0.823. The average molecular weight is 121 g/mol. The first-order valence-corrected chi connectivity index (χ1v) is 2.67. The van der Waals surface area contributed by atoms with E-state index >= 15 is 0 Å². The van der Waals surface area contributed by atoms with Crippen LogP contribution in [0.1, 0.15) is 13.3 Å². The van der Waals surface area contributed by atoms with Gasteiger partial charge in [-0.2, -0.15) is 0 Å². The Morgan fingerprint density at radius 1 is 1.75 bits per heavy atom. The third-order valence-corrected chi connectivity index (χ3v) is 1.51. The van der Waals surface area contributed by atoms with Crippen LogP contribution in [-0.4, -0.2) is 12.0 Å². The normalized spacial score (nSPS) is 36.8. The number of hydrogen-bond donors (Lipinski definition) is 1. The SMILES string of the molecule is C[C@H](N)[C@H]1CC1(F)F. The van der Waals surface area contributed by atoms with E-state index in [1.54, 1.807) is 6.92 Å². The predicted molar refractivity (Wildman–Crippen MR) is 26.7 cm³/mol. The molecule has 0 unspecified atom stereocenters. The highest BCUT2D eigenvalue weighted by Gasteiger charge is 2.58. The smallest absolute Gasteiger partial charge is 0.253 e. The second-order valence-corrected chi connectivity index (χ2v) is 2.43. The highest BCUT2D eigenvalue weighted by Crippen LogP contribution is 2.49. The summed E-state index contributed by atoms with van der Waals surface area (Å²) in [6, 6.07) is -0.343. The van der Waals surface area contributed by atoms with Crippen molar-refractivity contribution in [2.24, 2.45) is 11.7 Å². The molecule has 8 heavy (non-hydrogen) atoms. The number of rotatable bonds is 1. The van der Waals surface area contributed by atoms with Gasteiger partial charge < -0.3 is 5.73 Å². The molecule has 2 atom stereocenters. The van der Waals surface area contributed by atoms with Gasteiger partial charge in [-0.1, -0.05) is 0 Å². The molecule has 3 heteroatoms. The van der Waals surface area contributed by atoms with Gasteiger partial charge >= 0.3 is 0 Å². The van der Waals surface area contributed by atoms with Crippen molar-refractivity contribution >= 4 is 0 Å². The average Bonchev–Trinajstić information content (AvgIpc) is 2.13. The molecule has 1 aliphatic rings. The zero-order valence-electron chi connectivity index (χ0n) is 4.70. The van der Waals surface area contributed by atoms with Gasteiger partial charge in [0.25, 0.3) is 5.92 Å². The standard InChI is InChI=1S/C5H9F2N/c1-3(8)4-2-5(4,6)7/h3-4H,2,8H2,1H3/t3-,4+/m0/s1. The van der Waals surface area contributed by atoms with Crippen LogP contribution in [0.4, 0.5) is 8.78 Å². The lowest BCUT2D eigenvalue weighted by molar-refractivity contribution is 0.0946. The Balaban J connectivity index is 2.37. The zero-order chi connectivity index (χ0) is 6.36. The van der Waals surface area contributed by atoms with Gasteiger partial charge in [-0.15, -0.1) is 0 Å². The maximum atomic E-state index is 12.0. The fourth-order valence-electron chi connectivity index (χ4n) is 0.805. The van der Waals surface area contributed by atoms with E-state index in [1.165, 1.54) is 0 Å². The monoisotopic (exact) mass is 121 g/mol. The summed E-state index contributed by atoms with van der Waals surface area (Å²) in [5.74, 6) is -2.98. The summed E-state index contributed by atoms with van der Waals surface area (Å²) < 4.78 is 23.9. The van der Waals surface area contributed by atoms with Crippen LogP contribution in [0.3, 0.4) is 0 Å². The Hall–Kier alpha value is -0.180. The van der Waals surface area contributed by atoms with Gasteiger partial charge in [0.05, 0.1) is 0 Å². The minimum absolute atomic E-state index is 0.00926. The maximum Gasteiger partial charge on any atom is 0.253 e. The Morgan fingerprint density at radius 3 is 2.12 bits per heavy atom. The Labute approximate surface area is 46.9 Å². The lowest BCUT2D eigenvalue weighted by atomic mass is 10.2. The van der Waals surface area contributed by atoms with Crippen LogP contribution in [0.5, 0.6) is 0 Å². The molecule has 0 aromatic heterocycles. The van der Waals surface area contributed by atoms with Gasteiger partial charge in [0.15, 0.2) is 0 Å². The summed E-state index contributed by atoms with van der Waals surface area (Å²) in [4.78, 5) is 0. The van der Waals surface area contributed by atoms with Gasteiger partial charge in [-0.05, 0) is 6.92 Å². The number of nitrogens with two attached hydrogens (primary N) is 1. The number of hydrogen-bond acceptors (Lipinski definition) is 1. The van der Waals surface area contributed by atoms with Gasteiger partial charge in [0.1, 0.15) is 0 Å². The van der Waals surface area contributed by atoms with Crippen LogP contribution in [0, 0.1) is 5.92 Å². The molecule has 0 aromatic carbocycles. The van der Waals surface area contributed by atoms with Crippen LogP contribution in [0.2, 0.25) is 0 Å². The molecule has 0 saturated heterocycles. The molecule has 0 radical (unpaired) electrons. The zero-order valence-corrected chi connectivity index (χ0v) is 4.70. The molecule has 0 aromatic rings. The fraction of sp³-hybridized carbons (Fsp3) is 1.00. The lowest BCUT2D eigenvalue weighted by Crippen LogP contribution is -2.20. The van der Waals surface area contributed by atoms with Gasteiger partial charge in [0, 0.05) is 18.4 Å². The summed E-state index contributed by atoms with van der Waals surface area (Å²) in [6.45, 7) is 1.62. The number of alkyl halides is 2. The first-order chi connectivity index (χ1) is 3.54. The second-order valence-electron chi connectivity index (χ2n) is 2.43. The van der Waals surface area contributed by atoms with E-state index in [-0.39, 0.29) is 12.5 Å². The molecule has 0 spiro atoms. The maximum absolute atomic E-state index is 12.0. The first-order valence-electron chi connectivity index (χ1n) is 2.67. The molecule has 0 aliphatic heterocycles. The molecule has 1 aliphatic carbocycles. The third-order valence-electron chi connectivity index (χ3n) is 1.51. The van der Waals surface area contributed by atoms with Crippen molar-refractivity contribution in [3.63, 3.8) is 0 Å². The summed E-state index contributed by atoms with van der Waals surface area (Å²) in [6.07, 6.45) is -0.00926. The number of halogens is 2. The lowest BCUT2D eigenvalue weighted by Gasteiger charge is -1.99. The van der Waals surface area contributed by atoms with Crippen LogP contribution < -0.4 is 5.73 Å². The Morgan fingerprint density at radius 2 is 2.12 bits per heavy atom. The molecule has 1 saturated carbocycles. The van der Waals surface area contributed by atoms with E-state index in [9.17, 15) is 8.78 Å². The van der Waals surface area contributed by atoms with Crippen LogP contribution in [0.25, 0.3) is 0 Å². The Kier molecular flexibility index (Phi) is 1.05. The minimum Gasteiger partial charge on any atom is -0.327 e. The van der Waals surface area contributed by atoms with Crippen molar-refractivity contribution in [1.29, 1.82) is 0 Å². The van der Waals surface area contributed by atoms with Crippen molar-refractivity contribution in [1.82, 2.24) is 0 Å². The minimum atomic E-state index is -2.44. The van der Waals surface area contributed by atoms with E-state index in [2.05, 4.69) is 0 Å². The summed E-state index contributed by atoms with van der Waals surface area (Å²) in [5, 5.41) is 0. The van der Waals surface area contributed by atoms with Crippen molar-refractivity contribution in [3.8, 4) is 0 Å². The highest BCUT2D eigenvalue weighted by atomic mass is 19.3. The van der Waals surface area contributed by atoms with E-state index in [4.69, 9.17) is 5.73 Å². The van der Waals surface area contributed by atoms with Gasteiger partial charge in [-0.3, -0.25) is 0 Å². The quantitative estimate of drug-likeness (QED) is 0.550. The molecule has 0 heterocycles. The fourth-order valence-corrected chi connectivity index (χ4v) is 0.805. The molecule has 0 bridgehead atoms. The molecule has 0 amide bonds. The molecular formula is C5H9F2N. The largest absolute Gasteiger partial charge is 0.327 e. The van der Waals surface area contributed by atoms with E-state index < -0.39 is 11.8 Å². The van der Waals surface area contributed by atoms with E-state index in [0.29, 0.717) is 0 Å². The van der Waals surface area contributed by atoms with E-state index in [0.717, 1.165) is 0 Å². The topological polar surface area (TPSA) is 26.0 Å². The first kappa shape index (κ1) is 5.95. The van der Waals surface area contributed by atoms with Crippen molar-refractivity contribution in [2.75, 3.05) is 0 Å². The summed E-state index contributed by atoms with van der Waals surface area (Å²) in [5.41, 5.74) is 5.19. The molecular weight excluding hydrogens is 112 g/mol. The van der Waals surface area contributed by atoms with E-state index in [1.807, 2.05) is 0 Å². The predicted octanol–water partition coefficient (Wildman–Crippen LogP) is 0.989. The summed E-state index contributed by atoms with van der Waals surface area (Å²) >= 11 is 0. The van der Waals surface area contributed by atoms with Crippen LogP contribution in [-0.2, 0) is 0 Å². The molecule has 1 fully saturated rings. The Bertz CT molecular complexity index is 101. The van der Waals surface area contributed by atoms with Crippen LogP contribution >= 0.6 is 0 Å². The second kappa shape index (κ2) is 1.41. The highest BCUT2D eigenvalue weighted by molar-refractivity contribution is 4.99. The molecule has 1 rings (SSSR count). The van der Waals surface area contributed by atoms with Gasteiger partial charge in [0.2, 0.25) is 0 Å². The van der Waals surface area contributed by atoms with Crippen molar-refractivity contribution in [2.45, 2.75) is 25.3 Å². The molecule has 2 N–H and O–H groups in total. The molecule has 48 valence electrons. The van der Waals surface area contributed by atoms with Crippen molar-refractivity contribution in [3.05, 3.63) is 0 Å². The summed E-state index contributed by atoms with van der Waals surface area (Å²) in [7, 11) is 0.